The van der Waals surface area contributed by atoms with E-state index in [1.165, 1.54) is 0 Å². The van der Waals surface area contributed by atoms with Crippen LogP contribution in [0.4, 0.5) is 0 Å². The van der Waals surface area contributed by atoms with Gasteiger partial charge in [-0.2, -0.15) is 0 Å². The Kier molecular flexibility index (Phi) is 3.55. The molecule has 0 N–H and O–H groups in total. The minimum absolute atomic E-state index is 0.170. The van der Waals surface area contributed by atoms with Gasteiger partial charge in [0.2, 0.25) is 5.89 Å². The highest BCUT2D eigenvalue weighted by molar-refractivity contribution is 5.76. The van der Waals surface area contributed by atoms with E-state index in [-0.39, 0.29) is 6.54 Å². The van der Waals surface area contributed by atoms with Gasteiger partial charge < -0.3 is 4.42 Å². The topological polar surface area (TPSA) is 74.8 Å². The number of nitrogens with zero attached hydrogens (tertiary/aromatic N) is 4. The molecule has 1 aromatic heterocycles. The number of azide groups is 1. The number of fused-ring (bicyclic) bond motifs is 1. The lowest BCUT2D eigenvalue weighted by molar-refractivity contribution is 0.620. The van der Waals surface area contributed by atoms with E-state index in [1.54, 1.807) is 0 Å². The summed E-state index contributed by atoms with van der Waals surface area (Å²) in [4.78, 5) is 7.08. The standard InChI is InChI=1S/C16H10N4O/c17-20-18-11-3-4-12-7-9-13(10-8-12)16-19-14-5-1-2-6-15(14)21-16/h1-2,5-10H,11H2. The van der Waals surface area contributed by atoms with Crippen LogP contribution in [-0.2, 0) is 0 Å². The van der Waals surface area contributed by atoms with Crippen LogP contribution in [0.25, 0.3) is 33.0 Å². The van der Waals surface area contributed by atoms with E-state index in [9.17, 15) is 0 Å². The van der Waals surface area contributed by atoms with Gasteiger partial charge in [0.15, 0.2) is 5.58 Å². The highest BCUT2D eigenvalue weighted by Gasteiger charge is 2.06. The summed E-state index contributed by atoms with van der Waals surface area (Å²) in [7, 11) is 0. The number of hydrogen-bond acceptors (Lipinski definition) is 3. The molecule has 2 aromatic carbocycles. The van der Waals surface area contributed by atoms with Gasteiger partial charge in [-0.15, -0.1) is 0 Å². The minimum Gasteiger partial charge on any atom is -0.436 e. The van der Waals surface area contributed by atoms with Crippen molar-refractivity contribution in [3.63, 3.8) is 0 Å². The van der Waals surface area contributed by atoms with Gasteiger partial charge in [0, 0.05) is 16.0 Å². The van der Waals surface area contributed by atoms with E-state index < -0.39 is 0 Å². The lowest BCUT2D eigenvalue weighted by atomic mass is 10.1. The molecular weight excluding hydrogens is 264 g/mol. The van der Waals surface area contributed by atoms with Crippen molar-refractivity contribution < 1.29 is 4.42 Å². The fraction of sp³-hybridized carbons (Fsp3) is 0.0625. The largest absolute Gasteiger partial charge is 0.436 e. The fourth-order valence-electron chi connectivity index (χ4n) is 1.90. The maximum Gasteiger partial charge on any atom is 0.227 e. The molecule has 0 aliphatic heterocycles. The Morgan fingerprint density at radius 2 is 1.95 bits per heavy atom. The predicted molar refractivity (Wildman–Crippen MR) is 80.3 cm³/mol. The first-order chi connectivity index (χ1) is 10.4. The lowest BCUT2D eigenvalue weighted by Crippen LogP contribution is -1.79. The van der Waals surface area contributed by atoms with E-state index in [1.807, 2.05) is 48.5 Å². The number of oxazole rings is 1. The van der Waals surface area contributed by atoms with Crippen LogP contribution in [0.2, 0.25) is 0 Å². The van der Waals surface area contributed by atoms with Gasteiger partial charge in [-0.3, -0.25) is 0 Å². The molecule has 100 valence electrons. The molecule has 0 atom stereocenters. The summed E-state index contributed by atoms with van der Waals surface area (Å²) in [5, 5.41) is 3.36. The van der Waals surface area contributed by atoms with Crippen LogP contribution in [0.3, 0.4) is 0 Å². The Morgan fingerprint density at radius 3 is 2.71 bits per heavy atom. The highest BCUT2D eigenvalue weighted by Crippen LogP contribution is 2.24. The van der Waals surface area contributed by atoms with Gasteiger partial charge in [-0.05, 0) is 41.9 Å². The monoisotopic (exact) mass is 274 g/mol. The molecule has 5 heteroatoms. The zero-order valence-electron chi connectivity index (χ0n) is 11.0. The molecule has 0 spiro atoms. The van der Waals surface area contributed by atoms with Gasteiger partial charge in [0.1, 0.15) is 5.52 Å². The lowest BCUT2D eigenvalue weighted by Gasteiger charge is -1.95. The minimum atomic E-state index is 0.170. The van der Waals surface area contributed by atoms with Crippen molar-refractivity contribution in [2.45, 2.75) is 0 Å². The smallest absolute Gasteiger partial charge is 0.227 e. The molecule has 0 saturated carbocycles. The van der Waals surface area contributed by atoms with Gasteiger partial charge in [0.25, 0.3) is 0 Å². The Labute approximate surface area is 120 Å². The summed E-state index contributed by atoms with van der Waals surface area (Å²) < 4.78 is 5.70. The summed E-state index contributed by atoms with van der Waals surface area (Å²) >= 11 is 0. The molecule has 0 bridgehead atoms. The molecular formula is C16H10N4O. The zero-order chi connectivity index (χ0) is 14.5. The normalized spacial score (nSPS) is 9.71. The molecule has 0 amide bonds. The highest BCUT2D eigenvalue weighted by atomic mass is 16.3. The number of para-hydroxylation sites is 2. The molecule has 0 saturated heterocycles. The molecule has 3 aromatic rings. The molecule has 0 aliphatic rings. The first-order valence-corrected chi connectivity index (χ1v) is 6.32. The van der Waals surface area contributed by atoms with E-state index in [0.29, 0.717) is 5.89 Å². The molecule has 1 heterocycles. The summed E-state index contributed by atoms with van der Waals surface area (Å²) in [6.45, 7) is 0.170. The van der Waals surface area contributed by atoms with Crippen molar-refractivity contribution in [2.24, 2.45) is 5.11 Å². The quantitative estimate of drug-likeness (QED) is 0.304. The van der Waals surface area contributed by atoms with Crippen molar-refractivity contribution in [2.75, 3.05) is 6.54 Å². The molecule has 5 nitrogen and oxygen atoms in total. The zero-order valence-corrected chi connectivity index (χ0v) is 11.0. The average molecular weight is 274 g/mol. The molecule has 0 aliphatic carbocycles. The molecule has 0 radical (unpaired) electrons. The SMILES string of the molecule is [N-]=[N+]=NCC#Cc1ccc(-c2nc3ccccc3o2)cc1. The Bertz CT molecular complexity index is 845. The van der Waals surface area contributed by atoms with Crippen molar-refractivity contribution in [1.29, 1.82) is 0 Å². The van der Waals surface area contributed by atoms with Crippen LogP contribution in [0.1, 0.15) is 5.56 Å². The second-order valence-electron chi connectivity index (χ2n) is 4.25. The molecule has 0 unspecified atom stereocenters. The van der Waals surface area contributed by atoms with E-state index in [0.717, 1.165) is 22.2 Å². The summed E-state index contributed by atoms with van der Waals surface area (Å²) in [5.74, 6) is 6.28. The van der Waals surface area contributed by atoms with Crippen LogP contribution < -0.4 is 0 Å². The summed E-state index contributed by atoms with van der Waals surface area (Å²) in [6, 6.07) is 15.2. The van der Waals surface area contributed by atoms with Gasteiger partial charge in [-0.1, -0.05) is 29.1 Å². The van der Waals surface area contributed by atoms with Crippen molar-refractivity contribution >= 4 is 11.1 Å². The van der Waals surface area contributed by atoms with Gasteiger partial charge >= 0.3 is 0 Å². The van der Waals surface area contributed by atoms with Gasteiger partial charge in [-0.25, -0.2) is 4.98 Å². The van der Waals surface area contributed by atoms with Crippen molar-refractivity contribution in [1.82, 2.24) is 4.98 Å². The average Bonchev–Trinajstić information content (AvgIpc) is 2.96. The third-order valence-corrected chi connectivity index (χ3v) is 2.87. The van der Waals surface area contributed by atoms with Crippen LogP contribution in [0.5, 0.6) is 0 Å². The van der Waals surface area contributed by atoms with E-state index >= 15 is 0 Å². The Morgan fingerprint density at radius 1 is 1.14 bits per heavy atom. The third-order valence-electron chi connectivity index (χ3n) is 2.87. The maximum absolute atomic E-state index is 8.16. The Balaban J connectivity index is 1.86. The summed E-state index contributed by atoms with van der Waals surface area (Å²) in [5.41, 5.74) is 11.5. The predicted octanol–water partition coefficient (Wildman–Crippen LogP) is 4.16. The second-order valence-corrected chi connectivity index (χ2v) is 4.25. The van der Waals surface area contributed by atoms with E-state index in [2.05, 4.69) is 26.9 Å². The van der Waals surface area contributed by atoms with Crippen molar-refractivity contribution in [3.05, 3.63) is 64.5 Å². The second kappa shape index (κ2) is 5.83. The third kappa shape index (κ3) is 2.86. The fourth-order valence-corrected chi connectivity index (χ4v) is 1.90. The number of aromatic nitrogens is 1. The maximum atomic E-state index is 8.16. The van der Waals surface area contributed by atoms with Crippen LogP contribution in [-0.4, -0.2) is 11.5 Å². The first-order valence-electron chi connectivity index (χ1n) is 6.32. The van der Waals surface area contributed by atoms with Crippen LogP contribution >= 0.6 is 0 Å². The number of benzene rings is 2. The first kappa shape index (κ1) is 12.8. The van der Waals surface area contributed by atoms with Crippen LogP contribution in [0, 0.1) is 11.8 Å². The summed E-state index contributed by atoms with van der Waals surface area (Å²) in [6.07, 6.45) is 0. The number of rotatable bonds is 2. The number of hydrogen-bond donors (Lipinski definition) is 0. The van der Waals surface area contributed by atoms with E-state index in [4.69, 9.17) is 9.95 Å². The molecule has 0 fully saturated rings. The van der Waals surface area contributed by atoms with Gasteiger partial charge in [0.05, 0.1) is 6.54 Å². The molecule has 3 rings (SSSR count). The molecule has 21 heavy (non-hydrogen) atoms. The van der Waals surface area contributed by atoms with Crippen LogP contribution in [0.15, 0.2) is 58.1 Å². The Hall–Kier alpha value is -3.22. The van der Waals surface area contributed by atoms with Crippen molar-refractivity contribution in [3.8, 4) is 23.3 Å².